The maximum absolute atomic E-state index is 10.5. The smallest absolute Gasteiger partial charge is 0.318 e. The first kappa shape index (κ1) is 8.19. The van der Waals surface area contributed by atoms with Gasteiger partial charge in [0.05, 0.1) is 0 Å². The van der Waals surface area contributed by atoms with E-state index in [1.54, 1.807) is 18.2 Å². The van der Waals surface area contributed by atoms with E-state index in [1.165, 1.54) is 0 Å². The van der Waals surface area contributed by atoms with Crippen LogP contribution in [0.2, 0.25) is 0 Å². The zero-order chi connectivity index (χ0) is 9.26. The third-order valence-corrected chi connectivity index (χ3v) is 1.71. The number of carbonyl (C=O) groups excluding carboxylic acids is 1. The summed E-state index contributed by atoms with van der Waals surface area (Å²) in [6.07, 6.45) is 0. The maximum Gasteiger partial charge on any atom is 0.318 e. The molecule has 1 aromatic rings. The Morgan fingerprint density at radius 3 is 2.92 bits per heavy atom. The van der Waals surface area contributed by atoms with Crippen LogP contribution in [-0.2, 0) is 0 Å². The fraction of sp³-hybridized carbons (Fsp3) is 0.125. The summed E-state index contributed by atoms with van der Waals surface area (Å²) in [6.45, 7) is 0.216. The molecule has 0 fully saturated rings. The second-order valence-electron chi connectivity index (χ2n) is 2.47. The van der Waals surface area contributed by atoms with Gasteiger partial charge in [-0.3, -0.25) is 4.79 Å². The minimum absolute atomic E-state index is 0.216. The van der Waals surface area contributed by atoms with Crippen LogP contribution >= 0.6 is 11.6 Å². The molecule has 1 aromatic carbocycles. The Morgan fingerprint density at radius 1 is 1.38 bits per heavy atom. The number of halogens is 1. The van der Waals surface area contributed by atoms with Crippen LogP contribution in [0.3, 0.4) is 0 Å². The fourth-order valence-corrected chi connectivity index (χ4v) is 1.20. The first-order chi connectivity index (χ1) is 6.25. The molecule has 0 atom stereocenters. The molecule has 0 aromatic heterocycles. The van der Waals surface area contributed by atoms with E-state index in [0.29, 0.717) is 17.2 Å². The summed E-state index contributed by atoms with van der Waals surface area (Å²) in [6, 6.07) is 5.06. The second-order valence-corrected chi connectivity index (χ2v) is 2.81. The predicted octanol–water partition coefficient (Wildman–Crippen LogP) is 2.19. The van der Waals surface area contributed by atoms with Crippen molar-refractivity contribution < 1.29 is 14.3 Å². The van der Waals surface area contributed by atoms with E-state index >= 15 is 0 Å². The van der Waals surface area contributed by atoms with Crippen molar-refractivity contribution >= 4 is 22.7 Å². The summed E-state index contributed by atoms with van der Waals surface area (Å²) in [4.78, 5) is 10.5. The molecule has 13 heavy (non-hydrogen) atoms. The molecule has 1 aliphatic heterocycles. The molecule has 1 N–H and O–H groups in total. The number of amides is 1. The van der Waals surface area contributed by atoms with E-state index in [-0.39, 0.29) is 6.79 Å². The summed E-state index contributed by atoms with van der Waals surface area (Å²) in [5.41, 5.74) is 0.587. The van der Waals surface area contributed by atoms with Crippen molar-refractivity contribution in [3.05, 3.63) is 18.2 Å². The largest absolute Gasteiger partial charge is 0.454 e. The van der Waals surface area contributed by atoms with Crippen LogP contribution in [0.15, 0.2) is 18.2 Å². The topological polar surface area (TPSA) is 47.6 Å². The van der Waals surface area contributed by atoms with Crippen LogP contribution < -0.4 is 14.8 Å². The van der Waals surface area contributed by atoms with Crippen molar-refractivity contribution in [2.45, 2.75) is 0 Å². The number of fused-ring (bicyclic) bond motifs is 1. The van der Waals surface area contributed by atoms with Crippen molar-refractivity contribution in [1.29, 1.82) is 0 Å². The summed E-state index contributed by atoms with van der Waals surface area (Å²) in [5, 5.41) is 1.80. The molecule has 2 rings (SSSR count). The number of hydrogen-bond acceptors (Lipinski definition) is 3. The number of ether oxygens (including phenoxy) is 2. The SMILES string of the molecule is O=C(Cl)Nc1ccc2c(c1)OCO2. The second kappa shape index (κ2) is 3.14. The van der Waals surface area contributed by atoms with E-state index in [9.17, 15) is 4.79 Å². The third kappa shape index (κ3) is 1.67. The van der Waals surface area contributed by atoms with Crippen molar-refractivity contribution in [3.8, 4) is 11.5 Å². The zero-order valence-corrected chi connectivity index (χ0v) is 7.30. The van der Waals surface area contributed by atoms with Gasteiger partial charge in [-0.1, -0.05) is 0 Å². The minimum Gasteiger partial charge on any atom is -0.454 e. The molecule has 1 amide bonds. The maximum atomic E-state index is 10.5. The van der Waals surface area contributed by atoms with Gasteiger partial charge in [-0.15, -0.1) is 0 Å². The molecule has 0 unspecified atom stereocenters. The average molecular weight is 200 g/mol. The highest BCUT2D eigenvalue weighted by Gasteiger charge is 2.13. The Bertz CT molecular complexity index is 353. The van der Waals surface area contributed by atoms with Gasteiger partial charge in [0.2, 0.25) is 6.79 Å². The normalized spacial score (nSPS) is 12.7. The molecule has 5 heteroatoms. The number of benzene rings is 1. The lowest BCUT2D eigenvalue weighted by Crippen LogP contribution is -2.00. The predicted molar refractivity (Wildman–Crippen MR) is 47.4 cm³/mol. The summed E-state index contributed by atoms with van der Waals surface area (Å²) >= 11 is 5.14. The van der Waals surface area contributed by atoms with Crippen LogP contribution in [-0.4, -0.2) is 12.2 Å². The van der Waals surface area contributed by atoms with Gasteiger partial charge < -0.3 is 14.8 Å². The highest BCUT2D eigenvalue weighted by molar-refractivity contribution is 6.65. The van der Waals surface area contributed by atoms with Gasteiger partial charge >= 0.3 is 5.37 Å². The number of rotatable bonds is 1. The van der Waals surface area contributed by atoms with Crippen LogP contribution in [0, 0.1) is 0 Å². The summed E-state index contributed by atoms with van der Waals surface area (Å²) < 4.78 is 10.2. The first-order valence-electron chi connectivity index (χ1n) is 3.62. The Kier molecular flexibility index (Phi) is 1.98. The number of carbonyl (C=O) groups is 1. The van der Waals surface area contributed by atoms with Crippen LogP contribution in [0.4, 0.5) is 10.5 Å². The van der Waals surface area contributed by atoms with Crippen molar-refractivity contribution in [2.75, 3.05) is 12.1 Å². The quantitative estimate of drug-likeness (QED) is 0.557. The Balaban J connectivity index is 2.25. The molecular formula is C8H6ClNO3. The molecular weight excluding hydrogens is 194 g/mol. The van der Waals surface area contributed by atoms with Crippen molar-refractivity contribution in [2.24, 2.45) is 0 Å². The lowest BCUT2D eigenvalue weighted by atomic mass is 10.3. The van der Waals surface area contributed by atoms with Gasteiger partial charge in [0, 0.05) is 11.8 Å². The standard InChI is InChI=1S/C8H6ClNO3/c9-8(11)10-5-1-2-6-7(3-5)13-4-12-6/h1-3H,4H2,(H,10,11). The van der Waals surface area contributed by atoms with Gasteiger partial charge in [0.1, 0.15) is 0 Å². The summed E-state index contributed by atoms with van der Waals surface area (Å²) in [7, 11) is 0. The summed E-state index contributed by atoms with van der Waals surface area (Å²) in [5.74, 6) is 1.29. The zero-order valence-electron chi connectivity index (χ0n) is 6.54. The molecule has 4 nitrogen and oxygen atoms in total. The fourth-order valence-electron chi connectivity index (χ4n) is 1.09. The number of hydrogen-bond donors (Lipinski definition) is 1. The highest BCUT2D eigenvalue weighted by Crippen LogP contribution is 2.34. The van der Waals surface area contributed by atoms with Gasteiger partial charge in [-0.2, -0.15) is 0 Å². The highest BCUT2D eigenvalue weighted by atomic mass is 35.5. The average Bonchev–Trinajstić information content (AvgIpc) is 2.49. The van der Waals surface area contributed by atoms with Crippen LogP contribution in [0.1, 0.15) is 0 Å². The van der Waals surface area contributed by atoms with Gasteiger partial charge in [-0.25, -0.2) is 0 Å². The van der Waals surface area contributed by atoms with Gasteiger partial charge in [0.25, 0.3) is 0 Å². The molecule has 0 aliphatic carbocycles. The van der Waals surface area contributed by atoms with Crippen molar-refractivity contribution in [1.82, 2.24) is 0 Å². The van der Waals surface area contributed by atoms with Gasteiger partial charge in [-0.05, 0) is 23.7 Å². The van der Waals surface area contributed by atoms with E-state index in [1.807, 2.05) is 0 Å². The first-order valence-corrected chi connectivity index (χ1v) is 3.99. The molecule has 0 saturated heterocycles. The molecule has 1 heterocycles. The molecule has 68 valence electrons. The van der Waals surface area contributed by atoms with Crippen LogP contribution in [0.25, 0.3) is 0 Å². The van der Waals surface area contributed by atoms with E-state index in [2.05, 4.69) is 5.32 Å². The third-order valence-electron chi connectivity index (χ3n) is 1.62. The number of anilines is 1. The molecule has 0 saturated carbocycles. The molecule has 0 bridgehead atoms. The van der Waals surface area contributed by atoms with Crippen LogP contribution in [0.5, 0.6) is 11.5 Å². The lowest BCUT2D eigenvalue weighted by Gasteiger charge is -2.01. The van der Waals surface area contributed by atoms with E-state index in [0.717, 1.165) is 0 Å². The molecule has 1 aliphatic rings. The number of nitrogens with one attached hydrogen (secondary N) is 1. The van der Waals surface area contributed by atoms with E-state index in [4.69, 9.17) is 21.1 Å². The van der Waals surface area contributed by atoms with Crippen molar-refractivity contribution in [3.63, 3.8) is 0 Å². The van der Waals surface area contributed by atoms with E-state index < -0.39 is 5.37 Å². The molecule has 0 spiro atoms. The monoisotopic (exact) mass is 199 g/mol. The lowest BCUT2D eigenvalue weighted by molar-refractivity contribution is 0.174. The Morgan fingerprint density at radius 2 is 2.15 bits per heavy atom. The Hall–Kier alpha value is -1.42. The minimum atomic E-state index is -0.626. The molecule has 0 radical (unpaired) electrons. The van der Waals surface area contributed by atoms with Gasteiger partial charge in [0.15, 0.2) is 11.5 Å². The Labute approximate surface area is 79.4 Å².